The molecule has 1 aliphatic heterocycles. The van der Waals surface area contributed by atoms with Gasteiger partial charge in [0.2, 0.25) is 5.91 Å². The Morgan fingerprint density at radius 3 is 2.82 bits per heavy atom. The van der Waals surface area contributed by atoms with Gasteiger partial charge in [-0.2, -0.15) is 0 Å². The van der Waals surface area contributed by atoms with Crippen LogP contribution in [-0.4, -0.2) is 17.1 Å². The molecule has 0 saturated heterocycles. The summed E-state index contributed by atoms with van der Waals surface area (Å²) in [6.45, 7) is 1.52. The van der Waals surface area contributed by atoms with Crippen LogP contribution in [-0.2, 0) is 11.2 Å². The van der Waals surface area contributed by atoms with E-state index in [9.17, 15) is 14.0 Å². The van der Waals surface area contributed by atoms with Crippen LogP contribution >= 0.6 is 11.6 Å². The fraction of sp³-hybridized carbons (Fsp3) is 0.333. The van der Waals surface area contributed by atoms with E-state index in [0.717, 1.165) is 6.07 Å². The van der Waals surface area contributed by atoms with E-state index in [0.29, 0.717) is 24.1 Å². The molecule has 1 amide bonds. The maximum absolute atomic E-state index is 13.4. The van der Waals surface area contributed by atoms with Crippen LogP contribution in [0.3, 0.4) is 0 Å². The summed E-state index contributed by atoms with van der Waals surface area (Å²) in [5.74, 6) is -1.04. The number of alkyl halides is 1. The van der Waals surface area contributed by atoms with Crippen LogP contribution in [0.5, 0.6) is 0 Å². The van der Waals surface area contributed by atoms with Gasteiger partial charge in [-0.3, -0.25) is 9.59 Å². The average molecular weight is 256 g/mol. The monoisotopic (exact) mass is 255 g/mol. The number of amides is 1. The molecule has 90 valence electrons. The van der Waals surface area contributed by atoms with Crippen LogP contribution in [0.2, 0.25) is 0 Å². The van der Waals surface area contributed by atoms with Crippen molar-refractivity contribution in [2.24, 2.45) is 0 Å². The third-order valence-corrected chi connectivity index (χ3v) is 2.90. The molecule has 0 fully saturated rings. The molecular weight excluding hydrogens is 245 g/mol. The molecule has 1 aromatic rings. The first-order valence-corrected chi connectivity index (χ1v) is 5.73. The van der Waals surface area contributed by atoms with Crippen molar-refractivity contribution in [3.05, 3.63) is 29.1 Å². The maximum Gasteiger partial charge on any atom is 0.224 e. The summed E-state index contributed by atoms with van der Waals surface area (Å²) >= 11 is 5.71. The van der Waals surface area contributed by atoms with Crippen molar-refractivity contribution >= 4 is 29.0 Å². The van der Waals surface area contributed by atoms with Crippen molar-refractivity contribution in [3.63, 3.8) is 0 Å². The normalized spacial score (nSPS) is 16.1. The summed E-state index contributed by atoms with van der Waals surface area (Å²) in [5.41, 5.74) is 1.20. The highest BCUT2D eigenvalue weighted by atomic mass is 35.5. The number of Topliss-reactive ketones (excluding diaryl/α,β-unsaturated/α-hetero) is 1. The van der Waals surface area contributed by atoms with Crippen molar-refractivity contribution in [3.8, 4) is 0 Å². The van der Waals surface area contributed by atoms with Crippen molar-refractivity contribution in [1.82, 2.24) is 0 Å². The average Bonchev–Trinajstić information content (AvgIpc) is 2.27. The fourth-order valence-corrected chi connectivity index (χ4v) is 1.98. The van der Waals surface area contributed by atoms with Crippen molar-refractivity contribution in [2.45, 2.75) is 25.1 Å². The number of nitrogens with one attached hydrogen (secondary N) is 1. The lowest BCUT2D eigenvalue weighted by Gasteiger charge is -2.20. The van der Waals surface area contributed by atoms with Crippen LogP contribution in [0.15, 0.2) is 12.1 Å². The highest BCUT2D eigenvalue weighted by Gasteiger charge is 2.24. The molecule has 0 spiro atoms. The van der Waals surface area contributed by atoms with Gasteiger partial charge in [0.05, 0.1) is 11.1 Å². The Balaban J connectivity index is 2.54. The zero-order valence-corrected chi connectivity index (χ0v) is 9.97. The number of aryl methyl sites for hydroxylation is 1. The van der Waals surface area contributed by atoms with Gasteiger partial charge in [-0.25, -0.2) is 4.39 Å². The lowest BCUT2D eigenvalue weighted by atomic mass is 9.96. The van der Waals surface area contributed by atoms with Crippen LogP contribution in [0, 0.1) is 5.82 Å². The molecule has 17 heavy (non-hydrogen) atoms. The molecular formula is C12H11ClFNO2. The molecule has 0 saturated carbocycles. The van der Waals surface area contributed by atoms with E-state index >= 15 is 0 Å². The molecule has 0 bridgehead atoms. The van der Waals surface area contributed by atoms with Gasteiger partial charge in [-0.05, 0) is 31.0 Å². The highest BCUT2D eigenvalue weighted by molar-refractivity contribution is 6.34. The first kappa shape index (κ1) is 12.0. The molecule has 1 N–H and O–H groups in total. The third kappa shape index (κ3) is 2.31. The Kier molecular flexibility index (Phi) is 3.15. The minimum Gasteiger partial charge on any atom is -0.325 e. The molecule has 1 atom stereocenters. The molecule has 0 radical (unpaired) electrons. The Hall–Kier alpha value is -1.42. The molecule has 3 nitrogen and oxygen atoms in total. The second kappa shape index (κ2) is 4.45. The van der Waals surface area contributed by atoms with Gasteiger partial charge < -0.3 is 5.32 Å². The van der Waals surface area contributed by atoms with E-state index in [1.54, 1.807) is 0 Å². The van der Waals surface area contributed by atoms with Gasteiger partial charge in [-0.1, -0.05) is 0 Å². The second-order valence-corrected chi connectivity index (χ2v) is 4.67. The third-order valence-electron chi connectivity index (χ3n) is 2.70. The number of halogens is 2. The largest absolute Gasteiger partial charge is 0.325 e. The second-order valence-electron chi connectivity index (χ2n) is 4.02. The van der Waals surface area contributed by atoms with E-state index in [1.165, 1.54) is 13.0 Å². The minimum atomic E-state index is -0.750. The van der Waals surface area contributed by atoms with Gasteiger partial charge in [-0.15, -0.1) is 11.6 Å². The summed E-state index contributed by atoms with van der Waals surface area (Å²) in [6, 6.07) is 2.45. The van der Waals surface area contributed by atoms with E-state index in [1.807, 2.05) is 0 Å². The van der Waals surface area contributed by atoms with Gasteiger partial charge in [0, 0.05) is 12.0 Å². The molecule has 1 aliphatic rings. The Bertz CT molecular complexity index is 500. The summed E-state index contributed by atoms with van der Waals surface area (Å²) in [4.78, 5) is 23.1. The van der Waals surface area contributed by atoms with E-state index in [-0.39, 0.29) is 17.3 Å². The summed E-state index contributed by atoms with van der Waals surface area (Å²) in [5, 5.41) is 1.86. The number of hydrogen-bond acceptors (Lipinski definition) is 2. The zero-order chi connectivity index (χ0) is 12.6. The topological polar surface area (TPSA) is 46.2 Å². The lowest BCUT2D eigenvalue weighted by Crippen LogP contribution is -2.23. The van der Waals surface area contributed by atoms with Crippen molar-refractivity contribution in [1.29, 1.82) is 0 Å². The quantitative estimate of drug-likeness (QED) is 0.652. The summed E-state index contributed by atoms with van der Waals surface area (Å²) < 4.78 is 13.4. The highest BCUT2D eigenvalue weighted by Crippen LogP contribution is 2.29. The first-order chi connectivity index (χ1) is 7.99. The maximum atomic E-state index is 13.4. The first-order valence-electron chi connectivity index (χ1n) is 5.29. The van der Waals surface area contributed by atoms with E-state index in [2.05, 4.69) is 5.32 Å². The number of carbonyl (C=O) groups is 2. The SMILES string of the molecule is CC(Cl)C(=O)c1cc(F)cc2c1NC(=O)CC2. The number of anilines is 1. The van der Waals surface area contributed by atoms with Crippen LogP contribution < -0.4 is 5.32 Å². The van der Waals surface area contributed by atoms with Gasteiger partial charge in [0.15, 0.2) is 5.78 Å². The number of fused-ring (bicyclic) bond motifs is 1. The van der Waals surface area contributed by atoms with Crippen LogP contribution in [0.4, 0.5) is 10.1 Å². The van der Waals surface area contributed by atoms with E-state index in [4.69, 9.17) is 11.6 Å². The van der Waals surface area contributed by atoms with Crippen molar-refractivity contribution < 1.29 is 14.0 Å². The summed E-state index contributed by atoms with van der Waals surface area (Å²) in [7, 11) is 0. The fourth-order valence-electron chi connectivity index (χ4n) is 1.87. The number of benzene rings is 1. The molecule has 5 heteroatoms. The smallest absolute Gasteiger partial charge is 0.224 e. The molecule has 1 aromatic carbocycles. The van der Waals surface area contributed by atoms with Crippen LogP contribution in [0.25, 0.3) is 0 Å². The molecule has 0 aromatic heterocycles. The van der Waals surface area contributed by atoms with Gasteiger partial charge >= 0.3 is 0 Å². The number of ketones is 1. The Labute approximate surface area is 103 Å². The molecule has 0 aliphatic carbocycles. The molecule has 2 rings (SSSR count). The lowest BCUT2D eigenvalue weighted by molar-refractivity contribution is -0.116. The molecule has 1 unspecified atom stereocenters. The summed E-state index contributed by atoms with van der Waals surface area (Å²) in [6.07, 6.45) is 0.746. The van der Waals surface area contributed by atoms with Gasteiger partial charge in [0.1, 0.15) is 5.82 Å². The number of hydrogen-bond donors (Lipinski definition) is 1. The molecule has 1 heterocycles. The Morgan fingerprint density at radius 2 is 2.18 bits per heavy atom. The van der Waals surface area contributed by atoms with Crippen LogP contribution in [0.1, 0.15) is 29.3 Å². The Morgan fingerprint density at radius 1 is 1.47 bits per heavy atom. The predicted molar refractivity (Wildman–Crippen MR) is 63.0 cm³/mol. The number of carbonyl (C=O) groups excluding carboxylic acids is 2. The van der Waals surface area contributed by atoms with Gasteiger partial charge in [0.25, 0.3) is 0 Å². The predicted octanol–water partition coefficient (Wildman–Crippen LogP) is 2.52. The zero-order valence-electron chi connectivity index (χ0n) is 9.22. The van der Waals surface area contributed by atoms with Crippen molar-refractivity contribution in [2.75, 3.05) is 5.32 Å². The number of rotatable bonds is 2. The minimum absolute atomic E-state index is 0.149. The van der Waals surface area contributed by atoms with E-state index < -0.39 is 11.2 Å². The standard InChI is InChI=1S/C12H11ClFNO2/c1-6(13)12(17)9-5-8(14)4-7-2-3-10(16)15-11(7)9/h4-6H,2-3H2,1H3,(H,15,16).